The Kier molecular flexibility index (Phi) is 7.13. The van der Waals surface area contributed by atoms with E-state index in [1.807, 2.05) is 0 Å². The smallest absolute Gasteiger partial charge is 0.417 e. The number of benzene rings is 1. The summed E-state index contributed by atoms with van der Waals surface area (Å²) in [7, 11) is 0. The number of rotatable bonds is 7. The fourth-order valence-corrected chi connectivity index (χ4v) is 2.37. The van der Waals surface area contributed by atoms with Gasteiger partial charge in [-0.1, -0.05) is 12.1 Å². The molecule has 1 amide bonds. The lowest BCUT2D eigenvalue weighted by molar-refractivity contribution is -0.155. The molecule has 1 N–H and O–H groups in total. The summed E-state index contributed by atoms with van der Waals surface area (Å²) in [5.41, 5.74) is -1.11. The summed E-state index contributed by atoms with van der Waals surface area (Å²) < 4.78 is 56.4. The van der Waals surface area contributed by atoms with E-state index in [1.165, 1.54) is 19.1 Å². The number of nitrogens with zero attached hydrogens (tertiary/aromatic N) is 1. The zero-order valence-corrected chi connectivity index (χ0v) is 15.3. The first-order valence-electron chi connectivity index (χ1n) is 8.55. The normalized spacial score (nSPS) is 12.3. The number of carbonyl (C=O) groups excluding carboxylic acids is 2. The number of aromatic nitrogens is 1. The van der Waals surface area contributed by atoms with Gasteiger partial charge in [0.25, 0.3) is 11.5 Å². The van der Waals surface area contributed by atoms with E-state index >= 15 is 0 Å². The van der Waals surface area contributed by atoms with Crippen LogP contribution in [0.3, 0.4) is 0 Å². The Morgan fingerprint density at radius 2 is 1.79 bits per heavy atom. The maximum Gasteiger partial charge on any atom is 0.417 e. The Labute approximate surface area is 163 Å². The number of esters is 1. The lowest BCUT2D eigenvalue weighted by atomic mass is 10.1. The second-order valence-corrected chi connectivity index (χ2v) is 6.18. The van der Waals surface area contributed by atoms with Crippen LogP contribution in [0.25, 0.3) is 0 Å². The molecule has 1 unspecified atom stereocenters. The third-order valence-electron chi connectivity index (χ3n) is 3.91. The highest BCUT2D eigenvalue weighted by Gasteiger charge is 2.31. The summed E-state index contributed by atoms with van der Waals surface area (Å²) in [5, 5.41) is 2.53. The summed E-state index contributed by atoms with van der Waals surface area (Å²) >= 11 is 0. The highest BCUT2D eigenvalue weighted by Crippen LogP contribution is 2.27. The van der Waals surface area contributed by atoms with Gasteiger partial charge in [0.1, 0.15) is 12.4 Å². The van der Waals surface area contributed by atoms with E-state index in [0.717, 1.165) is 5.56 Å². The number of hydrogen-bond donors (Lipinski definition) is 1. The lowest BCUT2D eigenvalue weighted by Gasteiger charge is -2.15. The predicted octanol–water partition coefficient (Wildman–Crippen LogP) is 2.30. The van der Waals surface area contributed by atoms with Crippen molar-refractivity contribution in [2.75, 3.05) is 6.54 Å². The monoisotopic (exact) mass is 414 g/mol. The van der Waals surface area contributed by atoms with Crippen LogP contribution in [0, 0.1) is 5.82 Å². The molecule has 0 bridgehead atoms. The molecule has 0 radical (unpaired) electrons. The first kappa shape index (κ1) is 22.1. The minimum absolute atomic E-state index is 0.208. The fraction of sp³-hybridized carbons (Fsp3) is 0.316. The van der Waals surface area contributed by atoms with Gasteiger partial charge < -0.3 is 14.6 Å². The molecule has 0 spiro atoms. The number of carbonyl (C=O) groups is 2. The topological polar surface area (TPSA) is 77.4 Å². The Hall–Kier alpha value is -3.17. The molecule has 0 saturated carbocycles. The average Bonchev–Trinajstić information content (AvgIpc) is 2.64. The molecule has 1 heterocycles. The van der Waals surface area contributed by atoms with Crippen molar-refractivity contribution in [1.29, 1.82) is 0 Å². The Balaban J connectivity index is 1.86. The maximum atomic E-state index is 12.8. The summed E-state index contributed by atoms with van der Waals surface area (Å²) in [6.07, 6.45) is -4.95. The van der Waals surface area contributed by atoms with Crippen molar-refractivity contribution < 1.29 is 31.9 Å². The third kappa shape index (κ3) is 6.74. The number of hydrogen-bond acceptors (Lipinski definition) is 4. The largest absolute Gasteiger partial charge is 0.451 e. The third-order valence-corrected chi connectivity index (χ3v) is 3.91. The SMILES string of the molecule is CC(OC(=O)Cn1cc(C(F)(F)F)ccc1=O)C(=O)NCCc1ccc(F)cc1. The maximum absolute atomic E-state index is 12.8. The molecule has 29 heavy (non-hydrogen) atoms. The van der Waals surface area contributed by atoms with Crippen molar-refractivity contribution in [2.24, 2.45) is 0 Å². The standard InChI is InChI=1S/C19H18F4N2O4/c1-12(18(28)24-9-8-13-2-5-15(20)6-3-13)29-17(27)11-25-10-14(19(21,22)23)4-7-16(25)26/h2-7,10,12H,8-9,11H2,1H3,(H,24,28). The number of halogens is 4. The molecule has 10 heteroatoms. The van der Waals surface area contributed by atoms with Gasteiger partial charge in [-0.05, 0) is 37.1 Å². The molecule has 0 aliphatic carbocycles. The minimum Gasteiger partial charge on any atom is -0.451 e. The fourth-order valence-electron chi connectivity index (χ4n) is 2.37. The van der Waals surface area contributed by atoms with E-state index in [1.54, 1.807) is 12.1 Å². The molecule has 0 aliphatic rings. The van der Waals surface area contributed by atoms with Gasteiger partial charge in [0.15, 0.2) is 6.10 Å². The van der Waals surface area contributed by atoms with E-state index in [0.29, 0.717) is 29.3 Å². The van der Waals surface area contributed by atoms with Crippen LogP contribution in [0.5, 0.6) is 0 Å². The van der Waals surface area contributed by atoms with Gasteiger partial charge in [-0.3, -0.25) is 14.4 Å². The van der Waals surface area contributed by atoms with Crippen molar-refractivity contribution >= 4 is 11.9 Å². The number of ether oxygens (including phenoxy) is 1. The number of amides is 1. The van der Waals surface area contributed by atoms with Crippen LogP contribution in [-0.4, -0.2) is 29.1 Å². The summed E-state index contributed by atoms with van der Waals surface area (Å²) in [5.74, 6) is -2.03. The Bertz CT molecular complexity index is 923. The van der Waals surface area contributed by atoms with Gasteiger partial charge in [0, 0.05) is 18.8 Å². The first-order valence-corrected chi connectivity index (χ1v) is 8.55. The van der Waals surface area contributed by atoms with Crippen LogP contribution in [0.4, 0.5) is 17.6 Å². The predicted molar refractivity (Wildman–Crippen MR) is 94.4 cm³/mol. The highest BCUT2D eigenvalue weighted by molar-refractivity contribution is 5.83. The molecule has 0 fully saturated rings. The van der Waals surface area contributed by atoms with Crippen molar-refractivity contribution in [1.82, 2.24) is 9.88 Å². The zero-order chi connectivity index (χ0) is 21.6. The van der Waals surface area contributed by atoms with Gasteiger partial charge in [0.2, 0.25) is 0 Å². The number of pyridine rings is 1. The molecule has 0 aliphatic heterocycles. The molecule has 156 valence electrons. The highest BCUT2D eigenvalue weighted by atomic mass is 19.4. The average molecular weight is 414 g/mol. The lowest BCUT2D eigenvalue weighted by Crippen LogP contribution is -2.38. The van der Waals surface area contributed by atoms with Gasteiger partial charge in [-0.15, -0.1) is 0 Å². The Morgan fingerprint density at radius 1 is 1.14 bits per heavy atom. The van der Waals surface area contributed by atoms with E-state index in [2.05, 4.69) is 5.32 Å². The number of alkyl halides is 3. The van der Waals surface area contributed by atoms with Crippen LogP contribution in [0.2, 0.25) is 0 Å². The van der Waals surface area contributed by atoms with Crippen LogP contribution >= 0.6 is 0 Å². The van der Waals surface area contributed by atoms with E-state index in [-0.39, 0.29) is 12.4 Å². The van der Waals surface area contributed by atoms with Crippen LogP contribution in [0.1, 0.15) is 18.1 Å². The second-order valence-electron chi connectivity index (χ2n) is 6.18. The second kappa shape index (κ2) is 9.35. The van der Waals surface area contributed by atoms with Crippen LogP contribution < -0.4 is 10.9 Å². The van der Waals surface area contributed by atoms with Crippen LogP contribution in [0.15, 0.2) is 47.4 Å². The molecular weight excluding hydrogens is 396 g/mol. The molecule has 1 aromatic carbocycles. The Morgan fingerprint density at radius 3 is 2.41 bits per heavy atom. The summed E-state index contributed by atoms with van der Waals surface area (Å²) in [6, 6.07) is 7.02. The quantitative estimate of drug-likeness (QED) is 0.557. The molecule has 1 aromatic heterocycles. The van der Waals surface area contributed by atoms with Crippen molar-refractivity contribution in [3.63, 3.8) is 0 Å². The summed E-state index contributed by atoms with van der Waals surface area (Å²) in [6.45, 7) is 0.732. The van der Waals surface area contributed by atoms with Crippen molar-refractivity contribution in [2.45, 2.75) is 32.2 Å². The van der Waals surface area contributed by atoms with Gasteiger partial charge in [0.05, 0.1) is 5.56 Å². The van der Waals surface area contributed by atoms with E-state index in [4.69, 9.17) is 4.74 Å². The van der Waals surface area contributed by atoms with Crippen molar-refractivity contribution in [3.8, 4) is 0 Å². The molecule has 2 aromatic rings. The molecule has 6 nitrogen and oxygen atoms in total. The van der Waals surface area contributed by atoms with Crippen LogP contribution in [-0.2, 0) is 33.5 Å². The molecule has 0 saturated heterocycles. The molecule has 2 rings (SSSR count). The first-order chi connectivity index (χ1) is 13.6. The van der Waals surface area contributed by atoms with Gasteiger partial charge in [-0.2, -0.15) is 13.2 Å². The zero-order valence-electron chi connectivity index (χ0n) is 15.3. The number of nitrogens with one attached hydrogen (secondary N) is 1. The van der Waals surface area contributed by atoms with E-state index < -0.39 is 41.8 Å². The van der Waals surface area contributed by atoms with Gasteiger partial charge in [-0.25, -0.2) is 4.39 Å². The minimum atomic E-state index is -4.67. The molecule has 1 atom stereocenters. The summed E-state index contributed by atoms with van der Waals surface area (Å²) in [4.78, 5) is 35.5. The van der Waals surface area contributed by atoms with Crippen molar-refractivity contribution in [3.05, 3.63) is 69.9 Å². The van der Waals surface area contributed by atoms with E-state index in [9.17, 15) is 31.9 Å². The van der Waals surface area contributed by atoms with Gasteiger partial charge >= 0.3 is 12.1 Å². The molecular formula is C19H18F4N2O4.